The Hall–Kier alpha value is -3.18. The molecule has 1 aromatic heterocycles. The number of halogens is 1. The van der Waals surface area contributed by atoms with Gasteiger partial charge in [-0.05, 0) is 35.0 Å². The first kappa shape index (κ1) is 16.7. The van der Waals surface area contributed by atoms with E-state index >= 15 is 0 Å². The molecule has 0 aliphatic rings. The molecule has 0 aliphatic heterocycles. The van der Waals surface area contributed by atoms with Gasteiger partial charge in [-0.2, -0.15) is 10.5 Å². The van der Waals surface area contributed by atoms with Crippen molar-refractivity contribution in [3.8, 4) is 6.07 Å². The Labute approximate surface area is 147 Å². The number of allylic oxidation sites excluding steroid dienone is 1. The molecule has 3 aromatic rings. The summed E-state index contributed by atoms with van der Waals surface area (Å²) in [5.74, 6) is 0.613. The summed E-state index contributed by atoms with van der Waals surface area (Å²) in [6.45, 7) is 0. The lowest BCUT2D eigenvalue weighted by molar-refractivity contribution is 0.626. The largest absolute Gasteiger partial charge is 0.359 e. The first-order chi connectivity index (χ1) is 12.3. The van der Waals surface area contributed by atoms with Gasteiger partial charge in [-0.15, -0.1) is 22.0 Å². The Balaban J connectivity index is 1.74. The van der Waals surface area contributed by atoms with Crippen LogP contribution >= 0.6 is 11.8 Å². The lowest BCUT2D eigenvalue weighted by Gasteiger charge is -2.09. The summed E-state index contributed by atoms with van der Waals surface area (Å²) in [5, 5.41) is 25.6. The SMILES string of the molecule is N#CC(=CNc1ccccc1SCc1cccc(F)c1)c1nn[nH]n1. The van der Waals surface area contributed by atoms with Gasteiger partial charge in [-0.1, -0.05) is 24.3 Å². The van der Waals surface area contributed by atoms with E-state index in [1.165, 1.54) is 18.3 Å². The molecule has 0 bridgehead atoms. The van der Waals surface area contributed by atoms with E-state index in [4.69, 9.17) is 0 Å². The number of thioether (sulfide) groups is 1. The fourth-order valence-corrected chi connectivity index (χ4v) is 3.03. The zero-order valence-corrected chi connectivity index (χ0v) is 13.8. The molecule has 8 heteroatoms. The number of nitrogens with one attached hydrogen (secondary N) is 2. The van der Waals surface area contributed by atoms with Crippen LogP contribution < -0.4 is 5.32 Å². The highest BCUT2D eigenvalue weighted by Crippen LogP contribution is 2.30. The second-order valence-electron chi connectivity index (χ2n) is 4.96. The normalized spacial score (nSPS) is 11.1. The number of rotatable bonds is 6. The van der Waals surface area contributed by atoms with Crippen LogP contribution in [0, 0.1) is 17.1 Å². The molecule has 6 nitrogen and oxygen atoms in total. The van der Waals surface area contributed by atoms with Crippen molar-refractivity contribution >= 4 is 23.0 Å². The summed E-state index contributed by atoms with van der Waals surface area (Å²) >= 11 is 1.57. The van der Waals surface area contributed by atoms with E-state index in [0.29, 0.717) is 5.75 Å². The van der Waals surface area contributed by atoms with Gasteiger partial charge in [-0.25, -0.2) is 4.39 Å². The first-order valence-electron chi connectivity index (χ1n) is 7.33. The number of para-hydroxylation sites is 1. The molecule has 0 fully saturated rings. The molecule has 0 spiro atoms. The van der Waals surface area contributed by atoms with Crippen LogP contribution in [0.25, 0.3) is 5.57 Å². The molecule has 0 aliphatic carbocycles. The summed E-state index contributed by atoms with van der Waals surface area (Å²) in [7, 11) is 0. The summed E-state index contributed by atoms with van der Waals surface area (Å²) in [6.07, 6.45) is 1.53. The molecule has 2 aromatic carbocycles. The molecule has 124 valence electrons. The van der Waals surface area contributed by atoms with Gasteiger partial charge in [0, 0.05) is 16.8 Å². The number of tetrazole rings is 1. The zero-order valence-electron chi connectivity index (χ0n) is 13.0. The quantitative estimate of drug-likeness (QED) is 0.520. The van der Waals surface area contributed by atoms with Crippen LogP contribution in [0.2, 0.25) is 0 Å². The topological polar surface area (TPSA) is 90.3 Å². The number of benzene rings is 2. The molecule has 2 N–H and O–H groups in total. The minimum Gasteiger partial charge on any atom is -0.359 e. The number of H-pyrrole nitrogens is 1. The second kappa shape index (κ2) is 8.08. The number of nitrogens with zero attached hydrogens (tertiary/aromatic N) is 4. The summed E-state index contributed by atoms with van der Waals surface area (Å²) < 4.78 is 13.3. The fourth-order valence-electron chi connectivity index (χ4n) is 2.07. The third kappa shape index (κ3) is 4.43. The van der Waals surface area contributed by atoms with Gasteiger partial charge < -0.3 is 5.32 Å². The third-order valence-corrected chi connectivity index (χ3v) is 4.39. The number of anilines is 1. The van der Waals surface area contributed by atoms with E-state index in [0.717, 1.165) is 16.1 Å². The Morgan fingerprint density at radius 1 is 1.28 bits per heavy atom. The Morgan fingerprint density at radius 3 is 2.92 bits per heavy atom. The van der Waals surface area contributed by atoms with Gasteiger partial charge in [-0.3, -0.25) is 0 Å². The average molecular weight is 352 g/mol. The summed E-state index contributed by atoms with van der Waals surface area (Å²) in [5.41, 5.74) is 2.00. The highest BCUT2D eigenvalue weighted by atomic mass is 32.2. The number of nitriles is 1. The summed E-state index contributed by atoms with van der Waals surface area (Å²) in [6, 6.07) is 16.2. The Kier molecular flexibility index (Phi) is 5.39. The molecule has 3 rings (SSSR count). The van der Waals surface area contributed by atoms with Crippen LogP contribution in [0.15, 0.2) is 59.6 Å². The predicted octanol–water partition coefficient (Wildman–Crippen LogP) is 3.61. The Morgan fingerprint density at radius 2 is 2.16 bits per heavy atom. The number of hydrogen-bond acceptors (Lipinski definition) is 6. The van der Waals surface area contributed by atoms with Gasteiger partial charge in [0.25, 0.3) is 0 Å². The highest BCUT2D eigenvalue weighted by Gasteiger charge is 2.07. The van der Waals surface area contributed by atoms with Gasteiger partial charge in [0.15, 0.2) is 0 Å². The predicted molar refractivity (Wildman–Crippen MR) is 93.8 cm³/mol. The maximum Gasteiger partial charge on any atom is 0.216 e. The number of aromatic amines is 1. The Bertz CT molecular complexity index is 917. The van der Waals surface area contributed by atoms with Crippen molar-refractivity contribution < 1.29 is 4.39 Å². The molecule has 0 amide bonds. The standard InChI is InChI=1S/C17H13FN6S/c18-14-5-3-4-12(8-14)11-25-16-7-2-1-6-15(16)20-10-13(9-19)17-21-23-24-22-17/h1-8,10,20H,11H2,(H,21,22,23,24). The molecular formula is C17H13FN6S. The maximum absolute atomic E-state index is 13.3. The lowest BCUT2D eigenvalue weighted by atomic mass is 10.2. The van der Waals surface area contributed by atoms with Gasteiger partial charge in [0.2, 0.25) is 5.82 Å². The van der Waals surface area contributed by atoms with Crippen LogP contribution in [-0.2, 0) is 5.75 Å². The summed E-state index contributed by atoms with van der Waals surface area (Å²) in [4.78, 5) is 0.980. The van der Waals surface area contributed by atoms with E-state index < -0.39 is 0 Å². The van der Waals surface area contributed by atoms with Crippen molar-refractivity contribution in [2.24, 2.45) is 0 Å². The van der Waals surface area contributed by atoms with Crippen LogP contribution in [0.3, 0.4) is 0 Å². The third-order valence-electron chi connectivity index (χ3n) is 3.25. The van der Waals surface area contributed by atoms with Crippen molar-refractivity contribution in [3.05, 3.63) is 71.9 Å². The molecule has 0 atom stereocenters. The van der Waals surface area contributed by atoms with E-state index in [9.17, 15) is 9.65 Å². The van der Waals surface area contributed by atoms with Crippen molar-refractivity contribution in [2.75, 3.05) is 5.32 Å². The molecule has 25 heavy (non-hydrogen) atoms. The minimum atomic E-state index is -0.244. The van der Waals surface area contributed by atoms with Gasteiger partial charge in [0.1, 0.15) is 17.5 Å². The highest BCUT2D eigenvalue weighted by molar-refractivity contribution is 7.98. The van der Waals surface area contributed by atoms with Gasteiger partial charge in [0.05, 0.1) is 5.69 Å². The number of hydrogen-bond donors (Lipinski definition) is 2. The average Bonchev–Trinajstić information content (AvgIpc) is 3.16. The van der Waals surface area contributed by atoms with Crippen molar-refractivity contribution in [2.45, 2.75) is 10.6 Å². The fraction of sp³-hybridized carbons (Fsp3) is 0.0588. The minimum absolute atomic E-state index is 0.222. The molecule has 0 unspecified atom stereocenters. The van der Waals surface area contributed by atoms with Crippen molar-refractivity contribution in [3.63, 3.8) is 0 Å². The lowest BCUT2D eigenvalue weighted by Crippen LogP contribution is -1.94. The second-order valence-corrected chi connectivity index (χ2v) is 5.98. The molecule has 0 radical (unpaired) electrons. The molecule has 0 saturated heterocycles. The van der Waals surface area contributed by atoms with Crippen LogP contribution in [0.4, 0.5) is 10.1 Å². The van der Waals surface area contributed by atoms with Crippen LogP contribution in [0.5, 0.6) is 0 Å². The first-order valence-corrected chi connectivity index (χ1v) is 8.32. The smallest absolute Gasteiger partial charge is 0.216 e. The maximum atomic E-state index is 13.3. The van der Waals surface area contributed by atoms with Crippen molar-refractivity contribution in [1.82, 2.24) is 20.6 Å². The number of aromatic nitrogens is 4. The van der Waals surface area contributed by atoms with Crippen LogP contribution in [0.1, 0.15) is 11.4 Å². The molecular weight excluding hydrogens is 339 g/mol. The van der Waals surface area contributed by atoms with Gasteiger partial charge >= 0.3 is 0 Å². The van der Waals surface area contributed by atoms with E-state index in [-0.39, 0.29) is 17.2 Å². The molecule has 0 saturated carbocycles. The molecule has 1 heterocycles. The van der Waals surface area contributed by atoms with E-state index in [1.54, 1.807) is 17.8 Å². The van der Waals surface area contributed by atoms with Crippen molar-refractivity contribution in [1.29, 1.82) is 5.26 Å². The van der Waals surface area contributed by atoms with E-state index in [2.05, 4.69) is 25.9 Å². The monoisotopic (exact) mass is 352 g/mol. The van der Waals surface area contributed by atoms with Crippen LogP contribution in [-0.4, -0.2) is 20.6 Å². The zero-order chi connectivity index (χ0) is 17.5. The van der Waals surface area contributed by atoms with E-state index in [1.807, 2.05) is 36.4 Å².